The van der Waals surface area contributed by atoms with Gasteiger partial charge in [0.1, 0.15) is 0 Å². The van der Waals surface area contributed by atoms with Crippen molar-refractivity contribution in [2.24, 2.45) is 0 Å². The van der Waals surface area contributed by atoms with E-state index in [9.17, 15) is 0 Å². The molecule has 0 bridgehead atoms. The van der Waals surface area contributed by atoms with Crippen LogP contribution in [0.25, 0.3) is 11.3 Å². The molecule has 2 N–H and O–H groups in total. The predicted molar refractivity (Wildman–Crippen MR) is 79.9 cm³/mol. The molecule has 1 aromatic carbocycles. The average Bonchev–Trinajstić information content (AvgIpc) is 2.96. The minimum Gasteiger partial charge on any atom is -0.304 e. The fourth-order valence-electron chi connectivity index (χ4n) is 2.46. The van der Waals surface area contributed by atoms with Gasteiger partial charge in [0.05, 0.1) is 11.9 Å². The monoisotopic (exact) mass is 271 g/mol. The van der Waals surface area contributed by atoms with Crippen LogP contribution in [0.2, 0.25) is 0 Å². The summed E-state index contributed by atoms with van der Waals surface area (Å²) in [4.78, 5) is 2.35. The molecule has 0 spiro atoms. The quantitative estimate of drug-likeness (QED) is 0.881. The van der Waals surface area contributed by atoms with Crippen molar-refractivity contribution in [3.8, 4) is 11.3 Å². The SMILES string of the molecule is CN1CCN(NCc2cn[nH]c2-c2ccccc2)CC1. The lowest BCUT2D eigenvalue weighted by atomic mass is 10.1. The van der Waals surface area contributed by atoms with Crippen molar-refractivity contribution >= 4 is 0 Å². The van der Waals surface area contributed by atoms with Gasteiger partial charge in [-0.05, 0) is 12.6 Å². The highest BCUT2D eigenvalue weighted by atomic mass is 15.5. The minimum atomic E-state index is 0.810. The Bertz CT molecular complexity index is 528. The maximum atomic E-state index is 4.18. The summed E-state index contributed by atoms with van der Waals surface area (Å²) in [5.41, 5.74) is 6.99. The number of rotatable bonds is 4. The first-order valence-corrected chi connectivity index (χ1v) is 7.07. The third kappa shape index (κ3) is 3.07. The number of hydrogen-bond donors (Lipinski definition) is 2. The van der Waals surface area contributed by atoms with Crippen molar-refractivity contribution in [2.75, 3.05) is 33.2 Å². The summed E-state index contributed by atoms with van der Waals surface area (Å²) >= 11 is 0. The first kappa shape index (κ1) is 13.3. The Morgan fingerprint density at radius 3 is 2.65 bits per heavy atom. The number of hydrogen-bond acceptors (Lipinski definition) is 4. The number of H-pyrrole nitrogens is 1. The largest absolute Gasteiger partial charge is 0.304 e. The van der Waals surface area contributed by atoms with Crippen molar-refractivity contribution < 1.29 is 0 Å². The van der Waals surface area contributed by atoms with Crippen molar-refractivity contribution in [2.45, 2.75) is 6.54 Å². The van der Waals surface area contributed by atoms with E-state index in [2.05, 4.69) is 44.7 Å². The van der Waals surface area contributed by atoms with Gasteiger partial charge in [-0.1, -0.05) is 30.3 Å². The Morgan fingerprint density at radius 1 is 1.15 bits per heavy atom. The van der Waals surface area contributed by atoms with Crippen molar-refractivity contribution in [3.63, 3.8) is 0 Å². The molecule has 1 aromatic heterocycles. The summed E-state index contributed by atoms with van der Waals surface area (Å²) in [6.45, 7) is 5.17. The van der Waals surface area contributed by atoms with Crippen LogP contribution in [-0.2, 0) is 6.54 Å². The van der Waals surface area contributed by atoms with Gasteiger partial charge < -0.3 is 4.90 Å². The summed E-state index contributed by atoms with van der Waals surface area (Å²) < 4.78 is 0. The maximum absolute atomic E-state index is 4.18. The maximum Gasteiger partial charge on any atom is 0.0695 e. The smallest absolute Gasteiger partial charge is 0.0695 e. The van der Waals surface area contributed by atoms with Crippen molar-refractivity contribution in [1.82, 2.24) is 25.5 Å². The number of benzene rings is 1. The van der Waals surface area contributed by atoms with Crippen LogP contribution >= 0.6 is 0 Å². The molecule has 0 unspecified atom stereocenters. The van der Waals surface area contributed by atoms with Crippen LogP contribution in [0.5, 0.6) is 0 Å². The Hall–Kier alpha value is -1.69. The average molecular weight is 271 g/mol. The second-order valence-corrected chi connectivity index (χ2v) is 5.26. The molecular weight excluding hydrogens is 250 g/mol. The van der Waals surface area contributed by atoms with Gasteiger partial charge in [0.25, 0.3) is 0 Å². The van der Waals surface area contributed by atoms with E-state index in [1.165, 1.54) is 11.1 Å². The molecule has 1 aliphatic rings. The number of likely N-dealkylation sites (N-methyl/N-ethyl adjacent to an activating group) is 1. The molecule has 1 saturated heterocycles. The minimum absolute atomic E-state index is 0.810. The molecule has 0 saturated carbocycles. The predicted octanol–water partition coefficient (Wildman–Crippen LogP) is 1.33. The highest BCUT2D eigenvalue weighted by Crippen LogP contribution is 2.20. The Morgan fingerprint density at radius 2 is 1.90 bits per heavy atom. The second kappa shape index (κ2) is 6.17. The summed E-state index contributed by atoms with van der Waals surface area (Å²) in [5, 5.41) is 9.58. The van der Waals surface area contributed by atoms with E-state index in [4.69, 9.17) is 0 Å². The molecule has 0 amide bonds. The zero-order chi connectivity index (χ0) is 13.8. The van der Waals surface area contributed by atoms with E-state index >= 15 is 0 Å². The van der Waals surface area contributed by atoms with Gasteiger partial charge in [-0.25, -0.2) is 5.01 Å². The molecule has 3 rings (SSSR count). The number of aromatic amines is 1. The van der Waals surface area contributed by atoms with Gasteiger partial charge in [-0.15, -0.1) is 0 Å². The van der Waals surface area contributed by atoms with Gasteiger partial charge in [0.15, 0.2) is 0 Å². The third-order valence-electron chi connectivity index (χ3n) is 3.78. The molecule has 5 heteroatoms. The topological polar surface area (TPSA) is 47.2 Å². The molecule has 106 valence electrons. The highest BCUT2D eigenvalue weighted by molar-refractivity contribution is 5.62. The fraction of sp³-hybridized carbons (Fsp3) is 0.400. The van der Waals surface area contributed by atoms with E-state index < -0.39 is 0 Å². The zero-order valence-corrected chi connectivity index (χ0v) is 11.8. The Balaban J connectivity index is 1.63. The summed E-state index contributed by atoms with van der Waals surface area (Å²) in [7, 11) is 2.17. The summed E-state index contributed by atoms with van der Waals surface area (Å²) in [6.07, 6.45) is 1.91. The molecular formula is C15H21N5. The lowest BCUT2D eigenvalue weighted by molar-refractivity contribution is 0.102. The number of hydrazine groups is 1. The molecule has 1 fully saturated rings. The highest BCUT2D eigenvalue weighted by Gasteiger charge is 2.14. The van der Waals surface area contributed by atoms with Crippen LogP contribution in [-0.4, -0.2) is 53.3 Å². The molecule has 0 aliphatic carbocycles. The molecule has 2 aromatic rings. The van der Waals surface area contributed by atoms with E-state index in [1.807, 2.05) is 24.4 Å². The molecule has 2 heterocycles. The van der Waals surface area contributed by atoms with E-state index in [0.29, 0.717) is 0 Å². The van der Waals surface area contributed by atoms with Crippen LogP contribution in [0.3, 0.4) is 0 Å². The fourth-order valence-corrected chi connectivity index (χ4v) is 2.46. The van der Waals surface area contributed by atoms with Crippen LogP contribution < -0.4 is 5.43 Å². The number of nitrogens with zero attached hydrogens (tertiary/aromatic N) is 3. The summed E-state index contributed by atoms with van der Waals surface area (Å²) in [5.74, 6) is 0. The Labute approximate surface area is 119 Å². The third-order valence-corrected chi connectivity index (χ3v) is 3.78. The molecule has 20 heavy (non-hydrogen) atoms. The molecule has 5 nitrogen and oxygen atoms in total. The van der Waals surface area contributed by atoms with E-state index in [1.54, 1.807) is 0 Å². The van der Waals surface area contributed by atoms with Gasteiger partial charge in [0.2, 0.25) is 0 Å². The zero-order valence-electron chi connectivity index (χ0n) is 11.8. The second-order valence-electron chi connectivity index (χ2n) is 5.26. The van der Waals surface area contributed by atoms with Crippen LogP contribution in [0.15, 0.2) is 36.5 Å². The van der Waals surface area contributed by atoms with Gasteiger partial charge in [-0.2, -0.15) is 5.10 Å². The van der Waals surface area contributed by atoms with Crippen molar-refractivity contribution in [1.29, 1.82) is 0 Å². The molecule has 1 aliphatic heterocycles. The summed E-state index contributed by atoms with van der Waals surface area (Å²) in [6, 6.07) is 10.3. The van der Waals surface area contributed by atoms with E-state index in [0.717, 1.165) is 38.4 Å². The van der Waals surface area contributed by atoms with Crippen LogP contribution in [0.1, 0.15) is 5.56 Å². The van der Waals surface area contributed by atoms with Crippen molar-refractivity contribution in [3.05, 3.63) is 42.1 Å². The number of piperazine rings is 1. The van der Waals surface area contributed by atoms with Crippen LogP contribution in [0, 0.1) is 0 Å². The molecule has 0 radical (unpaired) electrons. The van der Waals surface area contributed by atoms with Gasteiger partial charge in [0, 0.05) is 38.3 Å². The lowest BCUT2D eigenvalue weighted by Crippen LogP contribution is -2.50. The lowest BCUT2D eigenvalue weighted by Gasteiger charge is -2.32. The first-order chi connectivity index (χ1) is 9.83. The van der Waals surface area contributed by atoms with E-state index in [-0.39, 0.29) is 0 Å². The number of nitrogens with one attached hydrogen (secondary N) is 2. The van der Waals surface area contributed by atoms with Gasteiger partial charge in [-0.3, -0.25) is 10.5 Å². The van der Waals surface area contributed by atoms with Gasteiger partial charge >= 0.3 is 0 Å². The number of aromatic nitrogens is 2. The normalized spacial score (nSPS) is 17.4. The standard InChI is InChI=1S/C15H21N5/c1-19-7-9-20(10-8-19)17-12-14-11-16-18-15(14)13-5-3-2-4-6-13/h2-6,11,17H,7-10,12H2,1H3,(H,16,18). The Kier molecular flexibility index (Phi) is 4.11. The van der Waals surface area contributed by atoms with Crippen LogP contribution in [0.4, 0.5) is 0 Å². The molecule has 0 atom stereocenters. The first-order valence-electron chi connectivity index (χ1n) is 7.07.